The summed E-state index contributed by atoms with van der Waals surface area (Å²) in [6.07, 6.45) is 2.54. The molecule has 1 saturated heterocycles. The van der Waals surface area contributed by atoms with Gasteiger partial charge in [0, 0.05) is 25.9 Å². The summed E-state index contributed by atoms with van der Waals surface area (Å²) in [5.74, 6) is 0.841. The second-order valence-electron chi connectivity index (χ2n) is 6.09. The third kappa shape index (κ3) is 5.07. The Morgan fingerprint density at radius 3 is 2.39 bits per heavy atom. The van der Waals surface area contributed by atoms with Gasteiger partial charge in [-0.15, -0.1) is 0 Å². The van der Waals surface area contributed by atoms with Crippen LogP contribution < -0.4 is 0 Å². The highest BCUT2D eigenvalue weighted by molar-refractivity contribution is 5.81. The molecule has 0 N–H and O–H groups in total. The third-order valence-corrected chi connectivity index (χ3v) is 3.27. The summed E-state index contributed by atoms with van der Waals surface area (Å²) in [5, 5.41) is 0. The maximum atomic E-state index is 12.0. The zero-order valence-corrected chi connectivity index (χ0v) is 12.0. The normalized spacial score (nSPS) is 17.2. The van der Waals surface area contributed by atoms with Crippen LogP contribution in [0.5, 0.6) is 0 Å². The summed E-state index contributed by atoms with van der Waals surface area (Å²) in [6, 6.07) is 0. The number of hydrogen-bond acceptors (Lipinski definition) is 3. The lowest BCUT2D eigenvalue weighted by Gasteiger charge is -2.31. The van der Waals surface area contributed by atoms with Crippen LogP contribution >= 0.6 is 0 Å². The second kappa shape index (κ2) is 6.21. The van der Waals surface area contributed by atoms with Gasteiger partial charge < -0.3 is 9.64 Å². The van der Waals surface area contributed by atoms with Gasteiger partial charge in [-0.1, -0.05) is 13.8 Å². The molecule has 1 heterocycles. The van der Waals surface area contributed by atoms with Crippen LogP contribution in [-0.4, -0.2) is 35.5 Å². The minimum absolute atomic E-state index is 0.234. The molecular formula is C14H25NO3. The molecular weight excluding hydrogens is 230 g/mol. The summed E-state index contributed by atoms with van der Waals surface area (Å²) >= 11 is 0. The summed E-state index contributed by atoms with van der Waals surface area (Å²) in [6.45, 7) is 9.21. The molecule has 1 aliphatic heterocycles. The predicted octanol–water partition coefficient (Wildman–Crippen LogP) is 3.00. The summed E-state index contributed by atoms with van der Waals surface area (Å²) in [7, 11) is 0. The van der Waals surface area contributed by atoms with Gasteiger partial charge in [-0.2, -0.15) is 0 Å². The number of likely N-dealkylation sites (tertiary alicyclic amines) is 1. The third-order valence-electron chi connectivity index (χ3n) is 3.27. The topological polar surface area (TPSA) is 46.6 Å². The molecule has 0 bridgehead atoms. The van der Waals surface area contributed by atoms with Crippen LogP contribution in [0.1, 0.15) is 53.4 Å². The number of hydrogen-bond donors (Lipinski definition) is 0. The number of piperidine rings is 1. The number of Topliss-reactive ketones (excluding diaryl/α,β-unsaturated/α-hetero) is 1. The van der Waals surface area contributed by atoms with Crippen LogP contribution in [0.15, 0.2) is 0 Å². The van der Waals surface area contributed by atoms with Gasteiger partial charge in [0.2, 0.25) is 0 Å². The Balaban J connectivity index is 2.40. The number of ketones is 1. The van der Waals surface area contributed by atoms with E-state index in [1.54, 1.807) is 4.90 Å². The molecule has 18 heavy (non-hydrogen) atoms. The van der Waals surface area contributed by atoms with E-state index in [4.69, 9.17) is 4.74 Å². The van der Waals surface area contributed by atoms with Gasteiger partial charge in [-0.05, 0) is 32.6 Å². The van der Waals surface area contributed by atoms with Crippen molar-refractivity contribution in [2.75, 3.05) is 13.1 Å². The molecule has 1 fully saturated rings. The molecule has 0 radical (unpaired) electrons. The second-order valence-corrected chi connectivity index (χ2v) is 6.09. The number of rotatable bonds is 4. The quantitative estimate of drug-likeness (QED) is 0.775. The van der Waals surface area contributed by atoms with Gasteiger partial charge in [0.25, 0.3) is 0 Å². The molecule has 104 valence electrons. The minimum Gasteiger partial charge on any atom is -0.443 e. The molecule has 1 aliphatic rings. The molecule has 0 saturated carbocycles. The van der Waals surface area contributed by atoms with E-state index in [-0.39, 0.29) is 11.9 Å². The molecule has 0 aromatic heterocycles. The van der Waals surface area contributed by atoms with Crippen molar-refractivity contribution in [3.05, 3.63) is 0 Å². The Labute approximate surface area is 110 Å². The lowest BCUT2D eigenvalue weighted by molar-refractivity contribution is -0.121. The highest BCUT2D eigenvalue weighted by Crippen LogP contribution is 2.21. The maximum absolute atomic E-state index is 12.0. The molecule has 4 heteroatoms. The lowest BCUT2D eigenvalue weighted by atomic mass is 9.97. The average Bonchev–Trinajstić information content (AvgIpc) is 2.27. The van der Waals surface area contributed by atoms with E-state index in [1.165, 1.54) is 0 Å². The highest BCUT2D eigenvalue weighted by Gasteiger charge is 2.28. The average molecular weight is 255 g/mol. The molecule has 1 rings (SSSR count). The fourth-order valence-electron chi connectivity index (χ4n) is 1.93. The number of amides is 1. The Morgan fingerprint density at radius 2 is 1.89 bits per heavy atom. The van der Waals surface area contributed by atoms with Crippen LogP contribution in [0.2, 0.25) is 0 Å². The van der Waals surface area contributed by atoms with Crippen LogP contribution in [0, 0.1) is 5.92 Å². The maximum Gasteiger partial charge on any atom is 0.410 e. The Hall–Kier alpha value is -1.06. The molecule has 0 aliphatic carbocycles. The lowest BCUT2D eigenvalue weighted by Crippen LogP contribution is -2.42. The highest BCUT2D eigenvalue weighted by atomic mass is 16.6. The molecule has 4 nitrogen and oxygen atoms in total. The van der Waals surface area contributed by atoms with Crippen molar-refractivity contribution in [3.63, 3.8) is 0 Å². The van der Waals surface area contributed by atoms with Gasteiger partial charge in [-0.3, -0.25) is 4.79 Å². The fourth-order valence-corrected chi connectivity index (χ4v) is 1.93. The monoisotopic (exact) mass is 255 g/mol. The minimum atomic E-state index is -0.428. The van der Waals surface area contributed by atoms with Crippen LogP contribution in [0.4, 0.5) is 4.79 Å². The van der Waals surface area contributed by atoms with Gasteiger partial charge in [0.1, 0.15) is 11.4 Å². The van der Waals surface area contributed by atoms with Crippen molar-refractivity contribution in [3.8, 4) is 0 Å². The number of carbonyl (C=O) groups is 2. The Bertz CT molecular complexity index is 300. The zero-order chi connectivity index (χ0) is 13.8. The van der Waals surface area contributed by atoms with E-state index in [0.717, 1.165) is 12.8 Å². The first-order valence-corrected chi connectivity index (χ1v) is 6.80. The van der Waals surface area contributed by atoms with E-state index >= 15 is 0 Å². The fraction of sp³-hybridized carbons (Fsp3) is 0.857. The van der Waals surface area contributed by atoms with Crippen molar-refractivity contribution in [2.24, 2.45) is 5.92 Å². The smallest absolute Gasteiger partial charge is 0.410 e. The van der Waals surface area contributed by atoms with Crippen molar-refractivity contribution in [1.29, 1.82) is 0 Å². The van der Waals surface area contributed by atoms with E-state index < -0.39 is 5.60 Å². The molecule has 0 atom stereocenters. The van der Waals surface area contributed by atoms with Crippen molar-refractivity contribution < 1.29 is 14.3 Å². The molecule has 1 amide bonds. The first kappa shape index (κ1) is 15.0. The van der Waals surface area contributed by atoms with Crippen LogP contribution in [0.3, 0.4) is 0 Å². The number of ether oxygens (including phenoxy) is 1. The van der Waals surface area contributed by atoms with Gasteiger partial charge in [-0.25, -0.2) is 4.79 Å². The zero-order valence-electron chi connectivity index (χ0n) is 12.0. The van der Waals surface area contributed by atoms with Crippen LogP contribution in [0.25, 0.3) is 0 Å². The van der Waals surface area contributed by atoms with Gasteiger partial charge in [0.05, 0.1) is 0 Å². The van der Waals surface area contributed by atoms with Crippen molar-refractivity contribution in [1.82, 2.24) is 4.90 Å². The van der Waals surface area contributed by atoms with Crippen molar-refractivity contribution in [2.45, 2.75) is 59.0 Å². The SMILES string of the molecule is CC(C)CCC(C)(C)OC(=O)N1CCC(=O)CC1. The summed E-state index contributed by atoms with van der Waals surface area (Å²) < 4.78 is 5.54. The van der Waals surface area contributed by atoms with Crippen LogP contribution in [-0.2, 0) is 9.53 Å². The molecule has 0 aromatic carbocycles. The standard InChI is InChI=1S/C14H25NO3/c1-11(2)5-8-14(3,4)18-13(17)15-9-6-12(16)7-10-15/h11H,5-10H2,1-4H3. The Kier molecular flexibility index (Phi) is 5.17. The van der Waals surface area contributed by atoms with E-state index in [0.29, 0.717) is 31.8 Å². The van der Waals surface area contributed by atoms with E-state index in [2.05, 4.69) is 13.8 Å². The molecule has 0 spiro atoms. The van der Waals surface area contributed by atoms with E-state index in [1.807, 2.05) is 13.8 Å². The number of carbonyl (C=O) groups excluding carboxylic acids is 2. The predicted molar refractivity (Wildman–Crippen MR) is 70.4 cm³/mol. The first-order valence-electron chi connectivity index (χ1n) is 6.80. The molecule has 0 unspecified atom stereocenters. The van der Waals surface area contributed by atoms with E-state index in [9.17, 15) is 9.59 Å². The van der Waals surface area contributed by atoms with Gasteiger partial charge in [0.15, 0.2) is 0 Å². The Morgan fingerprint density at radius 1 is 1.33 bits per heavy atom. The largest absolute Gasteiger partial charge is 0.443 e. The van der Waals surface area contributed by atoms with Gasteiger partial charge >= 0.3 is 6.09 Å². The van der Waals surface area contributed by atoms with Crippen molar-refractivity contribution >= 4 is 11.9 Å². The first-order chi connectivity index (χ1) is 8.30. The summed E-state index contributed by atoms with van der Waals surface area (Å²) in [5.41, 5.74) is -0.428. The summed E-state index contributed by atoms with van der Waals surface area (Å²) in [4.78, 5) is 24.7. The molecule has 0 aromatic rings. The number of nitrogens with zero attached hydrogens (tertiary/aromatic N) is 1.